The topological polar surface area (TPSA) is 81.1 Å². The molecule has 1 saturated carbocycles. The molecule has 21 heavy (non-hydrogen) atoms. The molecule has 1 atom stereocenters. The lowest BCUT2D eigenvalue weighted by Gasteiger charge is -2.30. The van der Waals surface area contributed by atoms with Crippen LogP contribution in [0, 0.1) is 5.92 Å². The summed E-state index contributed by atoms with van der Waals surface area (Å²) >= 11 is 0. The molecule has 2 aromatic rings. The molecule has 0 amide bonds. The highest BCUT2D eigenvalue weighted by Gasteiger charge is 2.41. The highest BCUT2D eigenvalue weighted by molar-refractivity contribution is 5.46. The van der Waals surface area contributed by atoms with E-state index in [0.717, 1.165) is 12.8 Å². The van der Waals surface area contributed by atoms with Gasteiger partial charge in [0, 0.05) is 6.54 Å². The molecule has 0 spiro atoms. The fourth-order valence-corrected chi connectivity index (χ4v) is 2.37. The fourth-order valence-electron chi connectivity index (χ4n) is 2.37. The van der Waals surface area contributed by atoms with E-state index in [1.165, 1.54) is 6.07 Å². The largest absolute Gasteiger partial charge is 0.453 e. The Morgan fingerprint density at radius 1 is 1.33 bits per heavy atom. The maximum Gasteiger partial charge on any atom is 0.453 e. The first-order valence-corrected chi connectivity index (χ1v) is 6.61. The molecular weight excluding hydrogens is 285 g/mol. The number of alkyl halides is 3. The Labute approximate surface area is 118 Å². The third-order valence-electron chi connectivity index (χ3n) is 3.83. The predicted molar refractivity (Wildman–Crippen MR) is 69.6 cm³/mol. The monoisotopic (exact) mass is 300 g/mol. The third kappa shape index (κ3) is 2.53. The summed E-state index contributed by atoms with van der Waals surface area (Å²) in [4.78, 5) is 0. The Bertz CT molecular complexity index is 663. The summed E-state index contributed by atoms with van der Waals surface area (Å²) in [6.45, 7) is 2.33. The van der Waals surface area contributed by atoms with Crippen LogP contribution >= 0.6 is 0 Å². The lowest BCUT2D eigenvalue weighted by molar-refractivity contribution is -0.146. The third-order valence-corrected chi connectivity index (χ3v) is 3.83. The standard InChI is InChI=1S/C12H15F3N6/c1-11(6-16,7-2-3-7)17-8-4-5-9-18-19-10(12(13,14)15)21(9)20-8/h4-5,7H,2-3,6,16H2,1H3,(H,17,20). The molecule has 114 valence electrons. The summed E-state index contributed by atoms with van der Waals surface area (Å²) < 4.78 is 39.2. The lowest BCUT2D eigenvalue weighted by atomic mass is 9.96. The minimum atomic E-state index is -4.60. The van der Waals surface area contributed by atoms with Crippen LogP contribution in [-0.2, 0) is 6.18 Å². The van der Waals surface area contributed by atoms with Gasteiger partial charge in [0.2, 0.25) is 0 Å². The van der Waals surface area contributed by atoms with Crippen molar-refractivity contribution in [1.82, 2.24) is 19.8 Å². The number of nitrogens with two attached hydrogens (primary N) is 1. The summed E-state index contributed by atoms with van der Waals surface area (Å²) in [5.74, 6) is -0.391. The van der Waals surface area contributed by atoms with E-state index in [2.05, 4.69) is 20.6 Å². The maximum absolute atomic E-state index is 12.8. The number of anilines is 1. The first-order chi connectivity index (χ1) is 9.83. The molecule has 1 aliphatic rings. The van der Waals surface area contributed by atoms with Gasteiger partial charge in [0.15, 0.2) is 5.65 Å². The number of nitrogens with one attached hydrogen (secondary N) is 1. The van der Waals surface area contributed by atoms with Crippen LogP contribution in [0.15, 0.2) is 12.1 Å². The highest BCUT2D eigenvalue weighted by atomic mass is 19.4. The molecule has 0 bridgehead atoms. The Morgan fingerprint density at radius 2 is 2.05 bits per heavy atom. The van der Waals surface area contributed by atoms with E-state index in [9.17, 15) is 13.2 Å². The number of rotatable bonds is 4. The molecule has 0 aliphatic heterocycles. The van der Waals surface area contributed by atoms with Crippen molar-refractivity contribution in [2.24, 2.45) is 11.7 Å². The van der Waals surface area contributed by atoms with Crippen LogP contribution in [0.25, 0.3) is 5.65 Å². The first-order valence-electron chi connectivity index (χ1n) is 6.61. The van der Waals surface area contributed by atoms with Crippen molar-refractivity contribution >= 4 is 11.5 Å². The average Bonchev–Trinajstić information content (AvgIpc) is 3.18. The minimum absolute atomic E-state index is 0.0498. The van der Waals surface area contributed by atoms with Gasteiger partial charge < -0.3 is 11.1 Å². The normalized spacial score (nSPS) is 18.7. The van der Waals surface area contributed by atoms with Gasteiger partial charge in [-0.15, -0.1) is 15.3 Å². The van der Waals surface area contributed by atoms with Gasteiger partial charge in [-0.25, -0.2) is 0 Å². The number of hydrogen-bond donors (Lipinski definition) is 2. The fraction of sp³-hybridized carbons (Fsp3) is 0.583. The van der Waals surface area contributed by atoms with E-state index in [1.54, 1.807) is 6.07 Å². The summed E-state index contributed by atoms with van der Waals surface area (Å²) in [6, 6.07) is 3.03. The van der Waals surface area contributed by atoms with Gasteiger partial charge in [-0.05, 0) is 37.8 Å². The molecule has 3 rings (SSSR count). The lowest BCUT2D eigenvalue weighted by Crippen LogP contribution is -2.45. The van der Waals surface area contributed by atoms with Crippen molar-refractivity contribution in [3.8, 4) is 0 Å². The molecule has 9 heteroatoms. The molecule has 0 radical (unpaired) electrons. The average molecular weight is 300 g/mol. The zero-order chi connectivity index (χ0) is 15.3. The Kier molecular flexibility index (Phi) is 3.05. The van der Waals surface area contributed by atoms with Crippen LogP contribution in [0.4, 0.5) is 19.0 Å². The van der Waals surface area contributed by atoms with Crippen LogP contribution in [0.1, 0.15) is 25.6 Å². The van der Waals surface area contributed by atoms with Crippen LogP contribution in [-0.4, -0.2) is 31.9 Å². The summed E-state index contributed by atoms with van der Waals surface area (Å²) in [7, 11) is 0. The number of fused-ring (bicyclic) bond motifs is 1. The predicted octanol–water partition coefficient (Wildman–Crippen LogP) is 1.68. The van der Waals surface area contributed by atoms with Crippen molar-refractivity contribution in [1.29, 1.82) is 0 Å². The second-order valence-electron chi connectivity index (χ2n) is 5.53. The van der Waals surface area contributed by atoms with Crippen molar-refractivity contribution in [3.63, 3.8) is 0 Å². The molecule has 3 N–H and O–H groups in total. The Balaban J connectivity index is 1.96. The first kappa shape index (κ1) is 14.1. The molecule has 1 fully saturated rings. The second-order valence-corrected chi connectivity index (χ2v) is 5.53. The maximum atomic E-state index is 12.8. The second kappa shape index (κ2) is 4.55. The quantitative estimate of drug-likeness (QED) is 0.898. The van der Waals surface area contributed by atoms with Crippen LogP contribution in [0.3, 0.4) is 0 Å². The van der Waals surface area contributed by atoms with Crippen molar-refractivity contribution in [2.75, 3.05) is 11.9 Å². The van der Waals surface area contributed by atoms with Gasteiger partial charge in [0.25, 0.3) is 5.82 Å². The van der Waals surface area contributed by atoms with E-state index in [-0.39, 0.29) is 11.2 Å². The van der Waals surface area contributed by atoms with E-state index >= 15 is 0 Å². The van der Waals surface area contributed by atoms with E-state index in [0.29, 0.717) is 22.8 Å². The molecule has 1 aliphatic carbocycles. The zero-order valence-corrected chi connectivity index (χ0v) is 11.4. The van der Waals surface area contributed by atoms with Gasteiger partial charge in [0.1, 0.15) is 5.82 Å². The van der Waals surface area contributed by atoms with Crippen molar-refractivity contribution in [2.45, 2.75) is 31.5 Å². The zero-order valence-electron chi connectivity index (χ0n) is 11.4. The molecule has 0 aromatic carbocycles. The van der Waals surface area contributed by atoms with Crippen LogP contribution < -0.4 is 11.1 Å². The summed E-state index contributed by atoms with van der Waals surface area (Å²) in [6.07, 6.45) is -2.48. The SMILES string of the molecule is CC(CN)(Nc1ccc2nnc(C(F)(F)F)n2n1)C1CC1. The highest BCUT2D eigenvalue weighted by Crippen LogP contribution is 2.40. The minimum Gasteiger partial charge on any atom is -0.362 e. The van der Waals surface area contributed by atoms with Gasteiger partial charge in [0.05, 0.1) is 5.54 Å². The number of hydrogen-bond acceptors (Lipinski definition) is 5. The number of aromatic nitrogens is 4. The van der Waals surface area contributed by atoms with Crippen molar-refractivity contribution < 1.29 is 13.2 Å². The smallest absolute Gasteiger partial charge is 0.362 e. The molecule has 2 aromatic heterocycles. The molecule has 0 saturated heterocycles. The van der Waals surface area contributed by atoms with Gasteiger partial charge in [-0.1, -0.05) is 0 Å². The van der Waals surface area contributed by atoms with Crippen LogP contribution in [0.5, 0.6) is 0 Å². The van der Waals surface area contributed by atoms with E-state index < -0.39 is 12.0 Å². The van der Waals surface area contributed by atoms with Crippen molar-refractivity contribution in [3.05, 3.63) is 18.0 Å². The van der Waals surface area contributed by atoms with Gasteiger partial charge in [-0.3, -0.25) is 0 Å². The number of halogens is 3. The van der Waals surface area contributed by atoms with Gasteiger partial charge >= 0.3 is 6.18 Å². The Morgan fingerprint density at radius 3 is 2.62 bits per heavy atom. The summed E-state index contributed by atoms with van der Waals surface area (Å²) in [5, 5.41) is 13.7. The molecular formula is C12H15F3N6. The van der Waals surface area contributed by atoms with Gasteiger partial charge in [-0.2, -0.15) is 17.7 Å². The van der Waals surface area contributed by atoms with E-state index in [1.807, 2.05) is 6.92 Å². The van der Waals surface area contributed by atoms with Crippen LogP contribution in [0.2, 0.25) is 0 Å². The molecule has 2 heterocycles. The molecule has 1 unspecified atom stereocenters. The summed E-state index contributed by atoms with van der Waals surface area (Å²) in [5.41, 5.74) is 5.47. The number of nitrogens with zero attached hydrogens (tertiary/aromatic N) is 4. The van der Waals surface area contributed by atoms with E-state index in [4.69, 9.17) is 5.73 Å². The Hall–Kier alpha value is -1.90. The molecule has 6 nitrogen and oxygen atoms in total.